The number of alkyl carbamates (subject to hydrolysis) is 1. The van der Waals surface area contributed by atoms with Crippen LogP contribution in [-0.2, 0) is 14.5 Å². The minimum Gasteiger partial charge on any atom is -0.446 e. The maximum Gasteiger partial charge on any atom is 0.407 e. The monoisotopic (exact) mass is 406 g/mol. The van der Waals surface area contributed by atoms with Gasteiger partial charge in [0, 0.05) is 36.2 Å². The number of rotatable bonds is 6. The van der Waals surface area contributed by atoms with Gasteiger partial charge < -0.3 is 15.4 Å². The topological polar surface area (TPSA) is 133 Å². The smallest absolute Gasteiger partial charge is 0.407 e. The third kappa shape index (κ3) is 5.22. The van der Waals surface area contributed by atoms with Crippen LogP contribution in [0.3, 0.4) is 0 Å². The molecule has 0 bridgehead atoms. The second kappa shape index (κ2) is 8.17. The molecule has 1 aliphatic rings. The largest absolute Gasteiger partial charge is 0.446 e. The van der Waals surface area contributed by atoms with Gasteiger partial charge in [-0.05, 0) is 45.2 Å². The Labute approximate surface area is 164 Å². The SMILES string of the molecule is CC(C)NC(=O)OC1CCC(c2cc(Nc3ccc(S(C)(=N)=O)cn3)n[nH]2)C1. The Morgan fingerprint density at radius 2 is 2.14 bits per heavy atom. The third-order valence-corrected chi connectivity index (χ3v) is 5.69. The zero-order valence-electron chi connectivity index (χ0n) is 16.2. The van der Waals surface area contributed by atoms with E-state index in [9.17, 15) is 9.00 Å². The van der Waals surface area contributed by atoms with Gasteiger partial charge in [-0.25, -0.2) is 18.8 Å². The van der Waals surface area contributed by atoms with Crippen molar-refractivity contribution in [1.82, 2.24) is 20.5 Å². The van der Waals surface area contributed by atoms with Gasteiger partial charge in [0.05, 0.1) is 14.6 Å². The summed E-state index contributed by atoms with van der Waals surface area (Å²) in [4.78, 5) is 16.3. The summed E-state index contributed by atoms with van der Waals surface area (Å²) in [6.07, 6.45) is 4.84. The molecule has 3 rings (SSSR count). The van der Waals surface area contributed by atoms with Gasteiger partial charge in [-0.1, -0.05) is 0 Å². The summed E-state index contributed by atoms with van der Waals surface area (Å²) in [6.45, 7) is 3.79. The first-order valence-corrected chi connectivity index (χ1v) is 11.2. The summed E-state index contributed by atoms with van der Waals surface area (Å²) >= 11 is 0. The van der Waals surface area contributed by atoms with Crippen LogP contribution >= 0.6 is 0 Å². The highest BCUT2D eigenvalue weighted by molar-refractivity contribution is 7.91. The van der Waals surface area contributed by atoms with Gasteiger partial charge >= 0.3 is 6.09 Å². The maximum absolute atomic E-state index is 11.7. The number of aromatic amines is 1. The Morgan fingerprint density at radius 1 is 1.36 bits per heavy atom. The average molecular weight is 407 g/mol. The molecule has 2 heterocycles. The first-order chi connectivity index (χ1) is 13.2. The highest BCUT2D eigenvalue weighted by Gasteiger charge is 2.30. The number of hydrogen-bond donors (Lipinski definition) is 4. The van der Waals surface area contributed by atoms with E-state index in [4.69, 9.17) is 9.52 Å². The lowest BCUT2D eigenvalue weighted by Crippen LogP contribution is -2.33. The lowest BCUT2D eigenvalue weighted by atomic mass is 10.0. The Balaban J connectivity index is 1.56. The third-order valence-electron chi connectivity index (χ3n) is 4.54. The molecule has 1 fully saturated rings. The molecule has 0 aromatic carbocycles. The molecular formula is C18H26N6O3S. The maximum atomic E-state index is 11.7. The quantitative estimate of drug-likeness (QED) is 0.581. The summed E-state index contributed by atoms with van der Waals surface area (Å²) < 4.78 is 24.7. The molecule has 9 nitrogen and oxygen atoms in total. The molecule has 1 amide bonds. The molecule has 0 aliphatic heterocycles. The predicted octanol–water partition coefficient (Wildman–Crippen LogP) is 3.35. The summed E-state index contributed by atoms with van der Waals surface area (Å²) in [5, 5.41) is 13.1. The van der Waals surface area contributed by atoms with Gasteiger partial charge in [0.15, 0.2) is 5.82 Å². The van der Waals surface area contributed by atoms with Gasteiger partial charge in [0.2, 0.25) is 0 Å². The number of nitrogens with zero attached hydrogens (tertiary/aromatic N) is 2. The van der Waals surface area contributed by atoms with Crippen molar-refractivity contribution in [2.75, 3.05) is 11.6 Å². The lowest BCUT2D eigenvalue weighted by molar-refractivity contribution is 0.0981. The number of carbonyl (C=O) groups excluding carboxylic acids is 1. The van der Waals surface area contributed by atoms with Crippen LogP contribution in [0.4, 0.5) is 16.4 Å². The van der Waals surface area contributed by atoms with Gasteiger partial charge in [0.25, 0.3) is 0 Å². The van der Waals surface area contributed by atoms with Crippen LogP contribution in [0.1, 0.15) is 44.7 Å². The van der Waals surface area contributed by atoms with E-state index in [0.29, 0.717) is 16.5 Å². The molecule has 4 N–H and O–H groups in total. The second-order valence-electron chi connectivity index (χ2n) is 7.39. The number of hydrogen-bond acceptors (Lipinski definition) is 7. The highest BCUT2D eigenvalue weighted by atomic mass is 32.2. The van der Waals surface area contributed by atoms with Crippen LogP contribution in [0.25, 0.3) is 0 Å². The predicted molar refractivity (Wildman–Crippen MR) is 106 cm³/mol. The summed E-state index contributed by atoms with van der Waals surface area (Å²) in [7, 11) is -2.77. The second-order valence-corrected chi connectivity index (χ2v) is 9.55. The van der Waals surface area contributed by atoms with Gasteiger partial charge in [-0.3, -0.25) is 5.10 Å². The fourth-order valence-corrected chi connectivity index (χ4v) is 3.76. The normalized spacial score (nSPS) is 21.3. The number of ether oxygens (including phenoxy) is 1. The Kier molecular flexibility index (Phi) is 5.87. The van der Waals surface area contributed by atoms with E-state index in [1.165, 1.54) is 12.5 Å². The van der Waals surface area contributed by atoms with E-state index in [1.54, 1.807) is 12.1 Å². The zero-order chi connectivity index (χ0) is 20.3. The van der Waals surface area contributed by atoms with E-state index >= 15 is 0 Å². The van der Waals surface area contributed by atoms with Gasteiger partial charge in [-0.15, -0.1) is 0 Å². The molecule has 152 valence electrons. The molecule has 3 unspecified atom stereocenters. The number of pyridine rings is 1. The molecular weight excluding hydrogens is 380 g/mol. The standard InChI is InChI=1S/C18H26N6O3S/c1-11(2)21-18(25)27-13-5-4-12(8-13)15-9-17(24-23-15)22-16-7-6-14(10-20-16)28(3,19)26/h6-7,9-13,19H,4-5,8H2,1-3H3,(H,21,25)(H2,20,22,23,24). The number of anilines is 2. The first-order valence-electron chi connectivity index (χ1n) is 9.20. The molecule has 0 spiro atoms. The van der Waals surface area contributed by atoms with Crippen LogP contribution in [-0.4, -0.2) is 43.9 Å². The molecule has 2 aromatic heterocycles. The lowest BCUT2D eigenvalue weighted by Gasteiger charge is -2.14. The molecule has 2 aromatic rings. The first kappa shape index (κ1) is 20.1. The van der Waals surface area contributed by atoms with Gasteiger partial charge in [0.1, 0.15) is 11.9 Å². The van der Waals surface area contributed by atoms with E-state index in [2.05, 4.69) is 25.8 Å². The van der Waals surface area contributed by atoms with Crippen LogP contribution < -0.4 is 10.6 Å². The van der Waals surface area contributed by atoms with Crippen molar-refractivity contribution in [3.63, 3.8) is 0 Å². The minimum atomic E-state index is -2.77. The van der Waals surface area contributed by atoms with Crippen molar-refractivity contribution in [3.05, 3.63) is 30.1 Å². The fraction of sp³-hybridized carbons (Fsp3) is 0.500. The average Bonchev–Trinajstić information content (AvgIpc) is 3.23. The summed E-state index contributed by atoms with van der Waals surface area (Å²) in [5.74, 6) is 1.44. The van der Waals surface area contributed by atoms with E-state index in [-0.39, 0.29) is 24.2 Å². The highest BCUT2D eigenvalue weighted by Crippen LogP contribution is 2.36. The van der Waals surface area contributed by atoms with Crippen molar-refractivity contribution in [1.29, 1.82) is 4.78 Å². The molecule has 1 aliphatic carbocycles. The molecule has 1 saturated carbocycles. The van der Waals surface area contributed by atoms with Crippen molar-refractivity contribution >= 4 is 27.5 Å². The fourth-order valence-electron chi connectivity index (χ4n) is 3.18. The number of H-pyrrole nitrogens is 1. The van der Waals surface area contributed by atoms with E-state index in [0.717, 1.165) is 25.0 Å². The van der Waals surface area contributed by atoms with Crippen LogP contribution in [0.15, 0.2) is 29.3 Å². The van der Waals surface area contributed by atoms with Crippen LogP contribution in [0.2, 0.25) is 0 Å². The number of carbonyl (C=O) groups is 1. The zero-order valence-corrected chi connectivity index (χ0v) is 17.0. The van der Waals surface area contributed by atoms with Gasteiger partial charge in [-0.2, -0.15) is 5.10 Å². The number of amides is 1. The molecule has 3 atom stereocenters. The Morgan fingerprint density at radius 3 is 2.79 bits per heavy atom. The number of nitrogens with one attached hydrogen (secondary N) is 4. The molecule has 0 radical (unpaired) electrons. The Bertz CT molecular complexity index is 923. The minimum absolute atomic E-state index is 0.0542. The Hall–Kier alpha value is -2.62. The molecule has 28 heavy (non-hydrogen) atoms. The molecule has 0 saturated heterocycles. The van der Waals surface area contributed by atoms with E-state index in [1.807, 2.05) is 19.9 Å². The van der Waals surface area contributed by atoms with Crippen molar-refractivity contribution in [2.45, 2.75) is 56.1 Å². The molecule has 10 heteroatoms. The van der Waals surface area contributed by atoms with E-state index < -0.39 is 9.73 Å². The summed E-state index contributed by atoms with van der Waals surface area (Å²) in [6, 6.07) is 5.27. The van der Waals surface area contributed by atoms with Crippen molar-refractivity contribution in [2.24, 2.45) is 0 Å². The van der Waals surface area contributed by atoms with Crippen molar-refractivity contribution < 1.29 is 13.7 Å². The van der Waals surface area contributed by atoms with Crippen LogP contribution in [0, 0.1) is 4.78 Å². The number of aromatic nitrogens is 3. The van der Waals surface area contributed by atoms with Crippen LogP contribution in [0.5, 0.6) is 0 Å². The summed E-state index contributed by atoms with van der Waals surface area (Å²) in [5.41, 5.74) is 0.984. The van der Waals surface area contributed by atoms with Crippen molar-refractivity contribution in [3.8, 4) is 0 Å².